The third kappa shape index (κ3) is 3.28. The van der Waals surface area contributed by atoms with Crippen molar-refractivity contribution in [3.05, 3.63) is 71.1 Å². The predicted molar refractivity (Wildman–Crippen MR) is 89.8 cm³/mol. The first-order valence-corrected chi connectivity index (χ1v) is 7.78. The number of anilines is 1. The summed E-state index contributed by atoms with van der Waals surface area (Å²) < 4.78 is 1.66. The Hall–Kier alpha value is -2.20. The van der Waals surface area contributed by atoms with E-state index in [0.29, 0.717) is 12.2 Å². The van der Waals surface area contributed by atoms with Gasteiger partial charge in [0.1, 0.15) is 0 Å². The second-order valence-corrected chi connectivity index (χ2v) is 6.02. The zero-order valence-corrected chi connectivity index (χ0v) is 12.3. The Morgan fingerprint density at radius 2 is 1.81 bits per heavy atom. The fourth-order valence-electron chi connectivity index (χ4n) is 2.24. The van der Waals surface area contributed by atoms with E-state index in [1.54, 1.807) is 28.6 Å². The number of pyridine rings is 1. The maximum Gasteiger partial charge on any atom is 0.250 e. The molecule has 0 fully saturated rings. The van der Waals surface area contributed by atoms with E-state index in [9.17, 15) is 4.79 Å². The quantitative estimate of drug-likeness (QED) is 0.751. The first-order chi connectivity index (χ1) is 10.2. The largest absolute Gasteiger partial charge is 0.398 e. The van der Waals surface area contributed by atoms with Gasteiger partial charge in [0.2, 0.25) is 0 Å². The van der Waals surface area contributed by atoms with Gasteiger partial charge in [0.25, 0.3) is 5.56 Å². The molecule has 0 aliphatic heterocycles. The summed E-state index contributed by atoms with van der Waals surface area (Å²) in [7, 11) is 0. The Morgan fingerprint density at radius 1 is 1.00 bits per heavy atom. The van der Waals surface area contributed by atoms with Crippen LogP contribution in [0.2, 0.25) is 0 Å². The molecule has 0 radical (unpaired) electrons. The third-order valence-corrected chi connectivity index (χ3v) is 4.30. The summed E-state index contributed by atoms with van der Waals surface area (Å²) in [5.41, 5.74) is 6.31. The highest BCUT2D eigenvalue weighted by Gasteiger charge is 2.00. The number of fused-ring (bicyclic) bond motifs is 1. The smallest absolute Gasteiger partial charge is 0.250 e. The maximum absolute atomic E-state index is 11.7. The topological polar surface area (TPSA) is 48.0 Å². The molecule has 0 saturated heterocycles. The third-order valence-electron chi connectivity index (χ3n) is 3.33. The van der Waals surface area contributed by atoms with Crippen LogP contribution in [0.5, 0.6) is 0 Å². The van der Waals surface area contributed by atoms with Crippen molar-refractivity contribution in [1.82, 2.24) is 4.57 Å². The molecule has 0 unspecified atom stereocenters. The minimum Gasteiger partial charge on any atom is -0.398 e. The molecule has 0 saturated carbocycles. The van der Waals surface area contributed by atoms with Crippen molar-refractivity contribution in [2.45, 2.75) is 11.4 Å². The monoisotopic (exact) mass is 296 g/mol. The Labute approximate surface area is 127 Å². The summed E-state index contributed by atoms with van der Waals surface area (Å²) in [5, 5.41) is 2.48. The van der Waals surface area contributed by atoms with Crippen molar-refractivity contribution in [1.29, 1.82) is 0 Å². The number of aromatic nitrogens is 1. The normalized spacial score (nSPS) is 10.9. The van der Waals surface area contributed by atoms with Crippen LogP contribution in [-0.4, -0.2) is 10.3 Å². The average molecular weight is 296 g/mol. The molecule has 0 atom stereocenters. The van der Waals surface area contributed by atoms with E-state index < -0.39 is 0 Å². The predicted octanol–water partition coefficient (Wildman–Crippen LogP) is 3.38. The molecule has 0 aliphatic rings. The molecule has 4 heteroatoms. The Morgan fingerprint density at radius 3 is 2.67 bits per heavy atom. The van der Waals surface area contributed by atoms with Crippen molar-refractivity contribution in [3.63, 3.8) is 0 Å². The molecule has 21 heavy (non-hydrogen) atoms. The van der Waals surface area contributed by atoms with Crippen molar-refractivity contribution in [2.75, 3.05) is 11.5 Å². The minimum atomic E-state index is -0.0108. The van der Waals surface area contributed by atoms with E-state index >= 15 is 0 Å². The summed E-state index contributed by atoms with van der Waals surface area (Å²) in [5.74, 6) is 0.835. The van der Waals surface area contributed by atoms with Gasteiger partial charge in [-0.2, -0.15) is 0 Å². The molecular weight excluding hydrogens is 280 g/mol. The lowest BCUT2D eigenvalue weighted by Crippen LogP contribution is -2.19. The fourth-order valence-corrected chi connectivity index (χ4v) is 3.14. The number of benzene rings is 2. The molecular formula is C17H16N2OS. The van der Waals surface area contributed by atoms with Crippen LogP contribution in [0, 0.1) is 0 Å². The number of hydrogen-bond acceptors (Lipinski definition) is 3. The number of aryl methyl sites for hydroxylation is 1. The van der Waals surface area contributed by atoms with Crippen molar-refractivity contribution in [2.24, 2.45) is 0 Å². The second kappa shape index (κ2) is 6.06. The van der Waals surface area contributed by atoms with Gasteiger partial charge in [0.15, 0.2) is 0 Å². The Bertz CT molecular complexity index is 826. The molecule has 0 spiro atoms. The van der Waals surface area contributed by atoms with Gasteiger partial charge in [-0.25, -0.2) is 0 Å². The molecule has 3 aromatic rings. The summed E-state index contributed by atoms with van der Waals surface area (Å²) in [4.78, 5) is 12.9. The molecule has 106 valence electrons. The van der Waals surface area contributed by atoms with E-state index in [1.165, 1.54) is 21.7 Å². The van der Waals surface area contributed by atoms with E-state index in [4.69, 9.17) is 5.73 Å². The van der Waals surface area contributed by atoms with Crippen LogP contribution < -0.4 is 11.3 Å². The highest BCUT2D eigenvalue weighted by atomic mass is 32.2. The summed E-state index contributed by atoms with van der Waals surface area (Å²) >= 11 is 1.74. The first kappa shape index (κ1) is 13.8. The van der Waals surface area contributed by atoms with Gasteiger partial charge in [-0.3, -0.25) is 4.79 Å². The van der Waals surface area contributed by atoms with Gasteiger partial charge in [-0.05, 0) is 29.0 Å². The molecule has 2 aromatic carbocycles. The SMILES string of the molecule is Nc1ccc(=O)n(CCSc2ccc3ccccc3c2)c1. The van der Waals surface area contributed by atoms with Gasteiger partial charge in [-0.1, -0.05) is 30.3 Å². The van der Waals surface area contributed by atoms with E-state index in [-0.39, 0.29) is 5.56 Å². The van der Waals surface area contributed by atoms with Crippen LogP contribution >= 0.6 is 11.8 Å². The maximum atomic E-state index is 11.7. The van der Waals surface area contributed by atoms with Crippen LogP contribution in [0.4, 0.5) is 5.69 Å². The van der Waals surface area contributed by atoms with Gasteiger partial charge in [-0.15, -0.1) is 11.8 Å². The van der Waals surface area contributed by atoms with E-state index in [1.807, 2.05) is 12.1 Å². The lowest BCUT2D eigenvalue weighted by Gasteiger charge is -2.07. The van der Waals surface area contributed by atoms with E-state index in [2.05, 4.69) is 30.3 Å². The molecule has 3 nitrogen and oxygen atoms in total. The molecule has 1 aromatic heterocycles. The standard InChI is InChI=1S/C17H16N2OS/c18-15-6-8-17(20)19(12-15)9-10-21-16-7-5-13-3-1-2-4-14(13)11-16/h1-8,11-12H,9-10,18H2. The molecule has 0 amide bonds. The lowest BCUT2D eigenvalue weighted by atomic mass is 10.1. The molecule has 0 aliphatic carbocycles. The van der Waals surface area contributed by atoms with Crippen LogP contribution in [0.3, 0.4) is 0 Å². The first-order valence-electron chi connectivity index (χ1n) is 6.80. The fraction of sp³-hybridized carbons (Fsp3) is 0.118. The minimum absolute atomic E-state index is 0.0108. The average Bonchev–Trinajstić information content (AvgIpc) is 2.50. The number of rotatable bonds is 4. The zero-order valence-electron chi connectivity index (χ0n) is 11.5. The molecule has 1 heterocycles. The highest BCUT2D eigenvalue weighted by molar-refractivity contribution is 7.99. The Kier molecular flexibility index (Phi) is 3.97. The number of nitrogen functional groups attached to an aromatic ring is 1. The number of nitrogens with zero attached hydrogens (tertiary/aromatic N) is 1. The highest BCUT2D eigenvalue weighted by Crippen LogP contribution is 2.23. The van der Waals surface area contributed by atoms with Crippen LogP contribution in [0.15, 0.2) is 70.5 Å². The summed E-state index contributed by atoms with van der Waals surface area (Å²) in [6.45, 7) is 0.654. The zero-order chi connectivity index (χ0) is 14.7. The number of nitrogens with two attached hydrogens (primary N) is 1. The molecule has 0 bridgehead atoms. The van der Waals surface area contributed by atoms with Crippen molar-refractivity contribution in [3.8, 4) is 0 Å². The Balaban J connectivity index is 1.69. The number of hydrogen-bond donors (Lipinski definition) is 1. The van der Waals surface area contributed by atoms with Crippen LogP contribution in [0.25, 0.3) is 10.8 Å². The second-order valence-electron chi connectivity index (χ2n) is 4.85. The lowest BCUT2D eigenvalue weighted by molar-refractivity contribution is 0.737. The molecule has 2 N–H and O–H groups in total. The van der Waals surface area contributed by atoms with Gasteiger partial charge in [0, 0.05) is 35.1 Å². The van der Waals surface area contributed by atoms with Gasteiger partial charge >= 0.3 is 0 Å². The van der Waals surface area contributed by atoms with Crippen molar-refractivity contribution < 1.29 is 0 Å². The van der Waals surface area contributed by atoms with Crippen molar-refractivity contribution >= 4 is 28.2 Å². The van der Waals surface area contributed by atoms with E-state index in [0.717, 1.165) is 5.75 Å². The van der Waals surface area contributed by atoms with Crippen LogP contribution in [0.1, 0.15) is 0 Å². The van der Waals surface area contributed by atoms with Gasteiger partial charge in [0.05, 0.1) is 0 Å². The van der Waals surface area contributed by atoms with Gasteiger partial charge < -0.3 is 10.3 Å². The summed E-state index contributed by atoms with van der Waals surface area (Å²) in [6.07, 6.45) is 1.70. The van der Waals surface area contributed by atoms with Crippen LogP contribution in [-0.2, 0) is 6.54 Å². The summed E-state index contributed by atoms with van der Waals surface area (Å²) in [6, 6.07) is 17.9. The molecule has 3 rings (SSSR count). The number of thioether (sulfide) groups is 1.